The molecule has 1 fully saturated rings. The van der Waals surface area contributed by atoms with Crippen molar-refractivity contribution in [1.82, 2.24) is 0 Å². The fraction of sp³-hybridized carbons (Fsp3) is 0.960. The second-order valence-electron chi connectivity index (χ2n) is 9.03. The Morgan fingerprint density at radius 3 is 1.46 bits per heavy atom. The molecule has 0 radical (unpaired) electrons. The van der Waals surface area contributed by atoms with E-state index < -0.39 is 13.2 Å². The van der Waals surface area contributed by atoms with Gasteiger partial charge in [-0.15, -0.1) is 0 Å². The van der Waals surface area contributed by atoms with Gasteiger partial charge in [0.15, 0.2) is 0 Å². The first-order valence-electron chi connectivity index (χ1n) is 12.6. The Labute approximate surface area is 178 Å². The summed E-state index contributed by atoms with van der Waals surface area (Å²) in [6.45, 7) is 9.43. The van der Waals surface area contributed by atoms with Crippen molar-refractivity contribution in [3.8, 4) is 0 Å². The van der Waals surface area contributed by atoms with Crippen LogP contribution < -0.4 is 0 Å². The molecule has 2 nitrogen and oxygen atoms in total. The third-order valence-corrected chi connectivity index (χ3v) is 11.5. The lowest BCUT2D eigenvalue weighted by Gasteiger charge is -2.28. The Bertz CT molecular complexity index is 329. The van der Waals surface area contributed by atoms with Crippen LogP contribution in [-0.2, 0) is 4.79 Å². The van der Waals surface area contributed by atoms with Crippen LogP contribution in [0.4, 0.5) is 0 Å². The number of carboxylic acids is 1. The van der Waals surface area contributed by atoms with E-state index in [0.717, 1.165) is 25.7 Å². The molecule has 28 heavy (non-hydrogen) atoms. The van der Waals surface area contributed by atoms with Crippen molar-refractivity contribution >= 4 is 13.2 Å². The van der Waals surface area contributed by atoms with Gasteiger partial charge in [0, 0.05) is 7.26 Å². The molecule has 0 aromatic heterocycles. The van der Waals surface area contributed by atoms with Crippen LogP contribution in [-0.4, -0.2) is 35.7 Å². The predicted octanol–water partition coefficient (Wildman–Crippen LogP) is 8.64. The van der Waals surface area contributed by atoms with Crippen molar-refractivity contribution in [2.45, 2.75) is 124 Å². The molecule has 0 aromatic rings. The summed E-state index contributed by atoms with van der Waals surface area (Å²) in [4.78, 5) is 10.4. The monoisotopic (exact) mass is 415 g/mol. The van der Waals surface area contributed by atoms with Gasteiger partial charge in [-0.1, -0.05) is 79.1 Å². The fourth-order valence-electron chi connectivity index (χ4n) is 4.37. The van der Waals surface area contributed by atoms with Gasteiger partial charge in [0.25, 0.3) is 0 Å². The van der Waals surface area contributed by atoms with E-state index in [2.05, 4.69) is 27.7 Å². The molecular formula is C25H52O2P+. The third kappa shape index (κ3) is 14.0. The Morgan fingerprint density at radius 2 is 1.11 bits per heavy atom. The molecule has 1 N–H and O–H groups in total. The van der Waals surface area contributed by atoms with Gasteiger partial charge in [0.05, 0.1) is 30.6 Å². The first-order valence-corrected chi connectivity index (χ1v) is 15.2. The zero-order chi connectivity index (χ0) is 21.1. The fourth-order valence-corrected chi connectivity index (χ4v) is 9.57. The van der Waals surface area contributed by atoms with Crippen molar-refractivity contribution in [2.24, 2.45) is 5.92 Å². The number of unbranched alkanes of at least 4 members (excludes halogenated alkanes) is 6. The van der Waals surface area contributed by atoms with Gasteiger partial charge in [0.2, 0.25) is 0 Å². The summed E-state index contributed by atoms with van der Waals surface area (Å²) >= 11 is 0. The molecular weight excluding hydrogens is 363 g/mol. The molecule has 0 saturated heterocycles. The van der Waals surface area contributed by atoms with Crippen molar-refractivity contribution in [3.05, 3.63) is 0 Å². The van der Waals surface area contributed by atoms with Crippen LogP contribution in [0.2, 0.25) is 0 Å². The maximum atomic E-state index is 10.4. The number of aliphatic carboxylic acids is 1. The lowest BCUT2D eigenvalue weighted by molar-refractivity contribution is -0.142. The van der Waals surface area contributed by atoms with Gasteiger partial charge in [0.1, 0.15) is 0 Å². The zero-order valence-corrected chi connectivity index (χ0v) is 20.7. The Kier molecular flexibility index (Phi) is 18.8. The number of carbonyl (C=O) groups is 1. The summed E-state index contributed by atoms with van der Waals surface area (Å²) in [5.41, 5.74) is 0. The molecule has 1 aliphatic rings. The molecule has 0 heterocycles. The quantitative estimate of drug-likeness (QED) is 0.215. The number of carboxylic acid groups (broad SMARTS) is 1. The summed E-state index contributed by atoms with van der Waals surface area (Å²) in [6.07, 6.45) is 26.2. The Balaban J connectivity index is 0.000000668. The van der Waals surface area contributed by atoms with Gasteiger partial charge < -0.3 is 5.11 Å². The highest BCUT2D eigenvalue weighted by atomic mass is 31.2. The first kappa shape index (κ1) is 27.9. The van der Waals surface area contributed by atoms with Gasteiger partial charge in [-0.3, -0.25) is 4.79 Å². The Morgan fingerprint density at radius 1 is 0.679 bits per heavy atom. The average molecular weight is 416 g/mol. The van der Waals surface area contributed by atoms with Gasteiger partial charge in [-0.2, -0.15) is 0 Å². The predicted molar refractivity (Wildman–Crippen MR) is 129 cm³/mol. The summed E-state index contributed by atoms with van der Waals surface area (Å²) in [5.74, 6) is -0.631. The number of rotatable bonds is 15. The molecule has 0 atom stereocenters. The highest BCUT2D eigenvalue weighted by molar-refractivity contribution is 7.75. The topological polar surface area (TPSA) is 37.3 Å². The van der Waals surface area contributed by atoms with Crippen LogP contribution in [0.3, 0.4) is 0 Å². The van der Waals surface area contributed by atoms with E-state index in [1.807, 2.05) is 0 Å². The molecule has 1 aliphatic carbocycles. The van der Waals surface area contributed by atoms with E-state index in [1.165, 1.54) is 70.6 Å². The molecule has 1 rings (SSSR count). The molecule has 1 saturated carbocycles. The summed E-state index contributed by atoms with van der Waals surface area (Å²) < 4.78 is 0. The van der Waals surface area contributed by atoms with Gasteiger partial charge in [-0.05, 0) is 44.9 Å². The number of hydrogen-bond donors (Lipinski definition) is 1. The lowest BCUT2D eigenvalue weighted by atomic mass is 9.90. The summed E-state index contributed by atoms with van der Waals surface area (Å²) in [6, 6.07) is 0. The second-order valence-corrected chi connectivity index (χ2v) is 13.5. The molecule has 0 aliphatic heterocycles. The molecule has 168 valence electrons. The second kappa shape index (κ2) is 18.9. The standard InChI is InChI=1S/C18H40P.C7H12O2/c1-5-9-13-14-18-19(15-10-6-2,16-11-7-3)17-12-8-4;8-7(9)6-4-2-1-3-5-6/h5-18H2,1-4H3;6H,1-5H2,(H,8,9)/q+1;. The first-order chi connectivity index (χ1) is 13.5. The van der Waals surface area contributed by atoms with Crippen molar-refractivity contribution in [2.75, 3.05) is 24.6 Å². The van der Waals surface area contributed by atoms with E-state index in [4.69, 9.17) is 5.11 Å². The van der Waals surface area contributed by atoms with E-state index in [-0.39, 0.29) is 5.92 Å². The van der Waals surface area contributed by atoms with E-state index >= 15 is 0 Å². The highest BCUT2D eigenvalue weighted by Gasteiger charge is 2.34. The van der Waals surface area contributed by atoms with Gasteiger partial charge >= 0.3 is 5.97 Å². The van der Waals surface area contributed by atoms with Crippen molar-refractivity contribution < 1.29 is 9.90 Å². The molecule has 0 spiro atoms. The van der Waals surface area contributed by atoms with Crippen LogP contribution in [0.5, 0.6) is 0 Å². The van der Waals surface area contributed by atoms with Crippen LogP contribution in [0.1, 0.15) is 124 Å². The van der Waals surface area contributed by atoms with Crippen molar-refractivity contribution in [3.63, 3.8) is 0 Å². The third-order valence-electron chi connectivity index (χ3n) is 6.40. The molecule has 0 unspecified atom stereocenters. The smallest absolute Gasteiger partial charge is 0.306 e. The molecule has 0 aromatic carbocycles. The minimum Gasteiger partial charge on any atom is -0.481 e. The largest absolute Gasteiger partial charge is 0.481 e. The normalized spacial score (nSPS) is 15.1. The molecule has 3 heteroatoms. The summed E-state index contributed by atoms with van der Waals surface area (Å²) in [7, 11) is -0.586. The SMILES string of the molecule is CCCCCC[P+](CCCC)(CCCC)CCCC.O=C(O)C1CCCCC1. The summed E-state index contributed by atoms with van der Waals surface area (Å²) in [5, 5.41) is 8.54. The van der Waals surface area contributed by atoms with Gasteiger partial charge in [-0.25, -0.2) is 0 Å². The Hall–Kier alpha value is -0.100. The molecule has 0 bridgehead atoms. The zero-order valence-electron chi connectivity index (χ0n) is 19.8. The van der Waals surface area contributed by atoms with E-state index in [0.29, 0.717) is 0 Å². The minimum absolute atomic E-state index is 0.0289. The lowest BCUT2D eigenvalue weighted by Crippen LogP contribution is -2.16. The van der Waals surface area contributed by atoms with E-state index in [9.17, 15) is 4.79 Å². The minimum atomic E-state index is -0.602. The average Bonchev–Trinajstić information content (AvgIpc) is 2.73. The van der Waals surface area contributed by atoms with Crippen molar-refractivity contribution in [1.29, 1.82) is 0 Å². The number of hydrogen-bond acceptors (Lipinski definition) is 1. The van der Waals surface area contributed by atoms with E-state index in [1.54, 1.807) is 24.6 Å². The van der Waals surface area contributed by atoms with Crippen LogP contribution >= 0.6 is 7.26 Å². The van der Waals surface area contributed by atoms with Crippen LogP contribution in [0, 0.1) is 5.92 Å². The van der Waals surface area contributed by atoms with Crippen LogP contribution in [0.15, 0.2) is 0 Å². The highest BCUT2D eigenvalue weighted by Crippen LogP contribution is 2.61. The molecule has 0 amide bonds. The van der Waals surface area contributed by atoms with Crippen LogP contribution in [0.25, 0.3) is 0 Å². The maximum Gasteiger partial charge on any atom is 0.306 e. The maximum absolute atomic E-state index is 10.4.